The molecule has 2 atom stereocenters. The standard InChI is InChI=1S/C13H23NS/c1-5-12(6-2)10(3)14-11(4)13-8-7-9-15-13/h7-12,14H,5-6H2,1-4H3. The molecule has 86 valence electrons. The summed E-state index contributed by atoms with van der Waals surface area (Å²) >= 11 is 1.84. The third kappa shape index (κ3) is 3.62. The van der Waals surface area contributed by atoms with Gasteiger partial charge in [0.25, 0.3) is 0 Å². The van der Waals surface area contributed by atoms with E-state index in [1.165, 1.54) is 17.7 Å². The van der Waals surface area contributed by atoms with Crippen LogP contribution >= 0.6 is 11.3 Å². The van der Waals surface area contributed by atoms with Gasteiger partial charge in [-0.05, 0) is 31.2 Å². The van der Waals surface area contributed by atoms with E-state index in [2.05, 4.69) is 50.5 Å². The van der Waals surface area contributed by atoms with E-state index < -0.39 is 0 Å². The van der Waals surface area contributed by atoms with Gasteiger partial charge in [0.2, 0.25) is 0 Å². The maximum absolute atomic E-state index is 3.69. The van der Waals surface area contributed by atoms with Gasteiger partial charge >= 0.3 is 0 Å². The average molecular weight is 225 g/mol. The Morgan fingerprint density at radius 2 is 1.93 bits per heavy atom. The summed E-state index contributed by atoms with van der Waals surface area (Å²) in [4.78, 5) is 1.44. The van der Waals surface area contributed by atoms with Crippen LogP contribution in [0.2, 0.25) is 0 Å². The topological polar surface area (TPSA) is 12.0 Å². The first kappa shape index (κ1) is 12.7. The minimum Gasteiger partial charge on any atom is -0.307 e. The predicted molar refractivity (Wildman–Crippen MR) is 69.4 cm³/mol. The van der Waals surface area contributed by atoms with Gasteiger partial charge < -0.3 is 5.32 Å². The molecule has 2 heteroatoms. The Hall–Kier alpha value is -0.340. The summed E-state index contributed by atoms with van der Waals surface area (Å²) in [5, 5.41) is 5.84. The molecule has 0 spiro atoms. The Balaban J connectivity index is 2.47. The highest BCUT2D eigenvalue weighted by Crippen LogP contribution is 2.21. The maximum Gasteiger partial charge on any atom is 0.0388 e. The highest BCUT2D eigenvalue weighted by atomic mass is 32.1. The van der Waals surface area contributed by atoms with Crippen LogP contribution in [0.3, 0.4) is 0 Å². The van der Waals surface area contributed by atoms with Crippen molar-refractivity contribution >= 4 is 11.3 Å². The molecule has 1 nitrogen and oxygen atoms in total. The molecule has 15 heavy (non-hydrogen) atoms. The molecular weight excluding hydrogens is 202 g/mol. The van der Waals surface area contributed by atoms with E-state index in [1.54, 1.807) is 0 Å². The molecule has 0 bridgehead atoms. The molecule has 0 amide bonds. The van der Waals surface area contributed by atoms with E-state index in [0.29, 0.717) is 12.1 Å². The Labute approximate surface area is 97.9 Å². The highest BCUT2D eigenvalue weighted by molar-refractivity contribution is 7.10. The first-order chi connectivity index (χ1) is 7.19. The van der Waals surface area contributed by atoms with Crippen molar-refractivity contribution in [2.75, 3.05) is 0 Å². The van der Waals surface area contributed by atoms with E-state index >= 15 is 0 Å². The van der Waals surface area contributed by atoms with Gasteiger partial charge in [0, 0.05) is 17.0 Å². The van der Waals surface area contributed by atoms with Crippen LogP contribution in [0.15, 0.2) is 17.5 Å². The molecule has 1 aromatic rings. The van der Waals surface area contributed by atoms with Crippen molar-refractivity contribution in [3.63, 3.8) is 0 Å². The zero-order valence-corrected chi connectivity index (χ0v) is 11.1. The van der Waals surface area contributed by atoms with E-state index in [0.717, 1.165) is 5.92 Å². The lowest BCUT2D eigenvalue weighted by molar-refractivity contribution is 0.331. The average Bonchev–Trinajstić information content (AvgIpc) is 2.72. The number of hydrogen-bond donors (Lipinski definition) is 1. The molecule has 0 radical (unpaired) electrons. The molecule has 2 unspecified atom stereocenters. The van der Waals surface area contributed by atoms with Crippen molar-refractivity contribution in [2.45, 2.75) is 52.6 Å². The quantitative estimate of drug-likeness (QED) is 0.764. The van der Waals surface area contributed by atoms with E-state index in [-0.39, 0.29) is 0 Å². The molecule has 1 rings (SSSR count). The molecule has 0 aliphatic rings. The molecule has 0 saturated carbocycles. The maximum atomic E-state index is 3.69. The van der Waals surface area contributed by atoms with Crippen molar-refractivity contribution < 1.29 is 0 Å². The highest BCUT2D eigenvalue weighted by Gasteiger charge is 2.16. The first-order valence-electron chi connectivity index (χ1n) is 5.98. The van der Waals surface area contributed by atoms with Crippen molar-refractivity contribution in [3.05, 3.63) is 22.4 Å². The summed E-state index contributed by atoms with van der Waals surface area (Å²) in [7, 11) is 0. The lowest BCUT2D eigenvalue weighted by Crippen LogP contribution is -2.34. The van der Waals surface area contributed by atoms with Crippen molar-refractivity contribution in [1.29, 1.82) is 0 Å². The molecule has 0 aliphatic carbocycles. The van der Waals surface area contributed by atoms with Gasteiger partial charge in [0.15, 0.2) is 0 Å². The van der Waals surface area contributed by atoms with Gasteiger partial charge in [-0.2, -0.15) is 0 Å². The molecule has 1 N–H and O–H groups in total. The van der Waals surface area contributed by atoms with Crippen molar-refractivity contribution in [1.82, 2.24) is 5.32 Å². The summed E-state index contributed by atoms with van der Waals surface area (Å²) in [5.41, 5.74) is 0. The minimum absolute atomic E-state index is 0.487. The smallest absolute Gasteiger partial charge is 0.0388 e. The SMILES string of the molecule is CCC(CC)C(C)NC(C)c1cccs1. The molecular formula is C13H23NS. The number of thiophene rings is 1. The number of hydrogen-bond acceptors (Lipinski definition) is 2. The fourth-order valence-electron chi connectivity index (χ4n) is 2.15. The lowest BCUT2D eigenvalue weighted by atomic mass is 9.95. The fraction of sp³-hybridized carbons (Fsp3) is 0.692. The zero-order valence-electron chi connectivity index (χ0n) is 10.3. The fourth-order valence-corrected chi connectivity index (χ4v) is 2.89. The van der Waals surface area contributed by atoms with Crippen LogP contribution in [0.25, 0.3) is 0 Å². The number of nitrogens with one attached hydrogen (secondary N) is 1. The van der Waals surface area contributed by atoms with E-state index in [4.69, 9.17) is 0 Å². The van der Waals surface area contributed by atoms with Crippen LogP contribution < -0.4 is 5.32 Å². The third-order valence-electron chi connectivity index (χ3n) is 3.24. The van der Waals surface area contributed by atoms with Gasteiger partial charge in [-0.15, -0.1) is 11.3 Å². The van der Waals surface area contributed by atoms with E-state index in [1.807, 2.05) is 11.3 Å². The van der Waals surface area contributed by atoms with Gasteiger partial charge in [-0.3, -0.25) is 0 Å². The Kier molecular flexibility index (Phi) is 5.34. The van der Waals surface area contributed by atoms with Crippen LogP contribution in [0.1, 0.15) is 51.5 Å². The Morgan fingerprint density at radius 1 is 1.27 bits per heavy atom. The molecule has 0 fully saturated rings. The van der Waals surface area contributed by atoms with Gasteiger partial charge in [-0.1, -0.05) is 32.8 Å². The van der Waals surface area contributed by atoms with Crippen LogP contribution in [0, 0.1) is 5.92 Å². The second kappa shape index (κ2) is 6.29. The van der Waals surface area contributed by atoms with Crippen LogP contribution in [-0.4, -0.2) is 6.04 Å². The third-order valence-corrected chi connectivity index (χ3v) is 4.29. The molecule has 1 aromatic heterocycles. The largest absolute Gasteiger partial charge is 0.307 e. The monoisotopic (exact) mass is 225 g/mol. The second-order valence-corrected chi connectivity index (χ2v) is 5.25. The van der Waals surface area contributed by atoms with Gasteiger partial charge in [-0.25, -0.2) is 0 Å². The van der Waals surface area contributed by atoms with Gasteiger partial charge in [0.05, 0.1) is 0 Å². The second-order valence-electron chi connectivity index (χ2n) is 4.27. The summed E-state index contributed by atoms with van der Waals surface area (Å²) in [6.45, 7) is 9.12. The van der Waals surface area contributed by atoms with Crippen LogP contribution in [0.4, 0.5) is 0 Å². The normalized spacial score (nSPS) is 15.5. The molecule has 0 aliphatic heterocycles. The molecule has 0 saturated heterocycles. The summed E-state index contributed by atoms with van der Waals surface area (Å²) in [6, 6.07) is 5.43. The lowest BCUT2D eigenvalue weighted by Gasteiger charge is -2.25. The van der Waals surface area contributed by atoms with Crippen molar-refractivity contribution in [3.8, 4) is 0 Å². The minimum atomic E-state index is 0.487. The molecule has 0 aromatic carbocycles. The first-order valence-corrected chi connectivity index (χ1v) is 6.86. The number of rotatable bonds is 6. The van der Waals surface area contributed by atoms with Gasteiger partial charge in [0.1, 0.15) is 0 Å². The summed E-state index contributed by atoms with van der Waals surface area (Å²) in [5.74, 6) is 0.799. The van der Waals surface area contributed by atoms with Crippen LogP contribution in [0.5, 0.6) is 0 Å². The zero-order chi connectivity index (χ0) is 11.3. The summed E-state index contributed by atoms with van der Waals surface area (Å²) < 4.78 is 0. The van der Waals surface area contributed by atoms with Crippen molar-refractivity contribution in [2.24, 2.45) is 5.92 Å². The summed E-state index contributed by atoms with van der Waals surface area (Å²) in [6.07, 6.45) is 2.53. The van der Waals surface area contributed by atoms with E-state index in [9.17, 15) is 0 Å². The molecule has 1 heterocycles. The Bertz CT molecular complexity index is 252. The van der Waals surface area contributed by atoms with Crippen LogP contribution in [-0.2, 0) is 0 Å². The Morgan fingerprint density at radius 3 is 2.40 bits per heavy atom. The predicted octanol–water partition coefficient (Wildman–Crippen LogP) is 4.22.